The van der Waals surface area contributed by atoms with Gasteiger partial charge in [-0.15, -0.1) is 0 Å². The second kappa shape index (κ2) is 3.88. The van der Waals surface area contributed by atoms with Gasteiger partial charge >= 0.3 is 0 Å². The van der Waals surface area contributed by atoms with Crippen LogP contribution in [0.15, 0.2) is 47.1 Å². The minimum Gasteiger partial charge on any atom is -0.506 e. The molecule has 0 aliphatic carbocycles. The summed E-state index contributed by atoms with van der Waals surface area (Å²) in [4.78, 5) is 11.5. The largest absolute Gasteiger partial charge is 0.506 e. The Hall–Kier alpha value is -2.23. The zero-order valence-electron chi connectivity index (χ0n) is 7.81. The molecule has 0 aliphatic heterocycles. The van der Waals surface area contributed by atoms with Gasteiger partial charge in [-0.05, 0) is 24.3 Å². The molecule has 0 bridgehead atoms. The van der Waals surface area contributed by atoms with Crippen LogP contribution in [0.1, 0.15) is 10.6 Å². The van der Waals surface area contributed by atoms with Crippen LogP contribution in [0.25, 0.3) is 0 Å². The van der Waals surface area contributed by atoms with Crippen LogP contribution in [0.3, 0.4) is 0 Å². The van der Waals surface area contributed by atoms with Crippen molar-refractivity contribution in [1.29, 1.82) is 0 Å². The number of phenolic OH excluding ortho intramolecular Hbond substituents is 1. The van der Waals surface area contributed by atoms with Crippen molar-refractivity contribution in [2.75, 3.05) is 5.32 Å². The van der Waals surface area contributed by atoms with Gasteiger partial charge in [-0.3, -0.25) is 4.79 Å². The van der Waals surface area contributed by atoms with Crippen LogP contribution < -0.4 is 5.32 Å². The first kappa shape index (κ1) is 9.33. The van der Waals surface area contributed by atoms with E-state index in [0.717, 1.165) is 0 Å². The van der Waals surface area contributed by atoms with Crippen LogP contribution in [0.4, 0.5) is 5.69 Å². The molecule has 1 amide bonds. The lowest BCUT2D eigenvalue weighted by Crippen LogP contribution is -2.10. The number of hydrogen-bond acceptors (Lipinski definition) is 3. The molecule has 1 heterocycles. The minimum absolute atomic E-state index is 0.0254. The molecule has 1 aromatic heterocycles. The fourth-order valence-corrected chi connectivity index (χ4v) is 1.17. The molecule has 0 atom stereocenters. The van der Waals surface area contributed by atoms with E-state index in [9.17, 15) is 9.90 Å². The Morgan fingerprint density at radius 1 is 1.20 bits per heavy atom. The van der Waals surface area contributed by atoms with E-state index >= 15 is 0 Å². The number of nitrogens with one attached hydrogen (secondary N) is 1. The van der Waals surface area contributed by atoms with Crippen molar-refractivity contribution >= 4 is 11.6 Å². The molecule has 0 unspecified atom stereocenters. The first-order valence-corrected chi connectivity index (χ1v) is 4.40. The molecule has 0 radical (unpaired) electrons. The molecule has 0 fully saturated rings. The minimum atomic E-state index is -0.387. The Labute approximate surface area is 86.2 Å². The molecule has 0 aliphatic rings. The lowest BCUT2D eigenvalue weighted by atomic mass is 10.3. The Morgan fingerprint density at radius 2 is 2.00 bits per heavy atom. The van der Waals surface area contributed by atoms with Crippen LogP contribution in [-0.4, -0.2) is 11.0 Å². The molecule has 2 N–H and O–H groups in total. The Morgan fingerprint density at radius 3 is 2.67 bits per heavy atom. The molecular weight excluding hydrogens is 194 g/mol. The molecule has 0 saturated heterocycles. The summed E-state index contributed by atoms with van der Waals surface area (Å²) in [6, 6.07) is 9.68. The first-order valence-electron chi connectivity index (χ1n) is 4.40. The molecular formula is C11H9NO3. The molecule has 0 saturated carbocycles. The number of hydrogen-bond donors (Lipinski definition) is 2. The molecule has 1 aromatic carbocycles. The number of aromatic hydroxyl groups is 1. The average molecular weight is 203 g/mol. The highest BCUT2D eigenvalue weighted by atomic mass is 16.3. The molecule has 4 heteroatoms. The number of furan rings is 1. The Kier molecular flexibility index (Phi) is 2.41. The standard InChI is InChI=1S/C11H9NO3/c13-9-5-2-1-4-8(9)12-11(14)10-6-3-7-15-10/h1-7,13H,(H,12,14). The number of carbonyl (C=O) groups is 1. The van der Waals surface area contributed by atoms with E-state index in [1.54, 1.807) is 30.3 Å². The zero-order chi connectivity index (χ0) is 10.7. The van der Waals surface area contributed by atoms with Crippen LogP contribution in [0.5, 0.6) is 5.75 Å². The fraction of sp³-hybridized carbons (Fsp3) is 0. The number of phenols is 1. The molecule has 2 aromatic rings. The predicted molar refractivity (Wildman–Crippen MR) is 54.8 cm³/mol. The van der Waals surface area contributed by atoms with Gasteiger partial charge in [0.2, 0.25) is 0 Å². The number of amides is 1. The van der Waals surface area contributed by atoms with Gasteiger partial charge < -0.3 is 14.8 Å². The smallest absolute Gasteiger partial charge is 0.291 e. The van der Waals surface area contributed by atoms with E-state index < -0.39 is 0 Å². The SMILES string of the molecule is O=C(Nc1ccccc1O)c1ccco1. The highest BCUT2D eigenvalue weighted by molar-refractivity contribution is 6.02. The van der Waals surface area contributed by atoms with Gasteiger partial charge in [0.25, 0.3) is 5.91 Å². The summed E-state index contributed by atoms with van der Waals surface area (Å²) in [5.41, 5.74) is 0.360. The van der Waals surface area contributed by atoms with Gasteiger partial charge in [0, 0.05) is 0 Å². The third kappa shape index (κ3) is 1.99. The molecule has 76 valence electrons. The molecule has 0 spiro atoms. The van der Waals surface area contributed by atoms with E-state index in [1.165, 1.54) is 12.3 Å². The van der Waals surface area contributed by atoms with Crippen LogP contribution in [0, 0.1) is 0 Å². The predicted octanol–water partition coefficient (Wildman–Crippen LogP) is 2.24. The maximum absolute atomic E-state index is 11.5. The zero-order valence-corrected chi connectivity index (χ0v) is 7.81. The topological polar surface area (TPSA) is 62.5 Å². The van der Waals surface area contributed by atoms with Gasteiger partial charge in [0.1, 0.15) is 5.75 Å². The van der Waals surface area contributed by atoms with Gasteiger partial charge in [-0.2, -0.15) is 0 Å². The number of para-hydroxylation sites is 2. The second-order valence-electron chi connectivity index (χ2n) is 2.95. The van der Waals surface area contributed by atoms with Crippen LogP contribution in [0.2, 0.25) is 0 Å². The van der Waals surface area contributed by atoms with Gasteiger partial charge in [-0.1, -0.05) is 12.1 Å². The first-order chi connectivity index (χ1) is 7.27. The summed E-state index contributed by atoms with van der Waals surface area (Å²) in [6.07, 6.45) is 1.42. The number of rotatable bonds is 2. The third-order valence-electron chi connectivity index (χ3n) is 1.90. The number of carbonyl (C=O) groups excluding carboxylic acids is 1. The summed E-state index contributed by atoms with van der Waals surface area (Å²) in [5, 5.41) is 11.9. The molecule has 2 rings (SSSR count). The quantitative estimate of drug-likeness (QED) is 0.736. The highest BCUT2D eigenvalue weighted by Crippen LogP contribution is 2.22. The summed E-state index contributed by atoms with van der Waals surface area (Å²) in [5.74, 6) is -0.155. The monoisotopic (exact) mass is 203 g/mol. The van der Waals surface area contributed by atoms with Crippen molar-refractivity contribution in [3.8, 4) is 5.75 Å². The summed E-state index contributed by atoms with van der Waals surface area (Å²) in [6.45, 7) is 0. The lowest BCUT2D eigenvalue weighted by molar-refractivity contribution is 0.0996. The summed E-state index contributed by atoms with van der Waals surface area (Å²) >= 11 is 0. The van der Waals surface area contributed by atoms with Crippen molar-refractivity contribution in [3.05, 3.63) is 48.4 Å². The highest BCUT2D eigenvalue weighted by Gasteiger charge is 2.10. The van der Waals surface area contributed by atoms with Crippen LogP contribution in [-0.2, 0) is 0 Å². The van der Waals surface area contributed by atoms with Crippen molar-refractivity contribution in [1.82, 2.24) is 0 Å². The van der Waals surface area contributed by atoms with E-state index in [-0.39, 0.29) is 17.4 Å². The summed E-state index contributed by atoms with van der Waals surface area (Å²) < 4.78 is 4.91. The van der Waals surface area contributed by atoms with Crippen molar-refractivity contribution in [2.24, 2.45) is 0 Å². The molecule has 15 heavy (non-hydrogen) atoms. The number of anilines is 1. The van der Waals surface area contributed by atoms with E-state index in [4.69, 9.17) is 4.42 Å². The maximum Gasteiger partial charge on any atom is 0.291 e. The van der Waals surface area contributed by atoms with Crippen molar-refractivity contribution < 1.29 is 14.3 Å². The fourth-order valence-electron chi connectivity index (χ4n) is 1.17. The van der Waals surface area contributed by atoms with E-state index in [0.29, 0.717) is 5.69 Å². The normalized spacial score (nSPS) is 9.87. The average Bonchev–Trinajstić information content (AvgIpc) is 2.74. The van der Waals surface area contributed by atoms with E-state index in [2.05, 4.69) is 5.32 Å². The second-order valence-corrected chi connectivity index (χ2v) is 2.95. The van der Waals surface area contributed by atoms with Gasteiger partial charge in [-0.25, -0.2) is 0 Å². The van der Waals surface area contributed by atoms with Crippen molar-refractivity contribution in [3.63, 3.8) is 0 Å². The Balaban J connectivity index is 2.17. The van der Waals surface area contributed by atoms with Crippen LogP contribution >= 0.6 is 0 Å². The van der Waals surface area contributed by atoms with Crippen molar-refractivity contribution in [2.45, 2.75) is 0 Å². The number of benzene rings is 1. The third-order valence-corrected chi connectivity index (χ3v) is 1.90. The maximum atomic E-state index is 11.5. The molecule has 4 nitrogen and oxygen atoms in total. The lowest BCUT2D eigenvalue weighted by Gasteiger charge is -2.04. The van der Waals surface area contributed by atoms with Gasteiger partial charge in [0.05, 0.1) is 12.0 Å². The van der Waals surface area contributed by atoms with E-state index in [1.807, 2.05) is 0 Å². The summed E-state index contributed by atoms with van der Waals surface area (Å²) in [7, 11) is 0. The van der Waals surface area contributed by atoms with Gasteiger partial charge in [0.15, 0.2) is 5.76 Å². The Bertz CT molecular complexity index is 462.